The van der Waals surface area contributed by atoms with Gasteiger partial charge in [-0.25, -0.2) is 9.97 Å². The molecule has 102 valence electrons. The highest BCUT2D eigenvalue weighted by Gasteiger charge is 2.19. The van der Waals surface area contributed by atoms with Crippen LogP contribution in [0.2, 0.25) is 0 Å². The average Bonchev–Trinajstić information content (AvgIpc) is 2.30. The van der Waals surface area contributed by atoms with E-state index in [9.17, 15) is 5.11 Å². The molecule has 0 spiro atoms. The van der Waals surface area contributed by atoms with Crippen LogP contribution in [0.4, 0.5) is 0 Å². The molecule has 4 nitrogen and oxygen atoms in total. The maximum absolute atomic E-state index is 9.29. The molecule has 0 saturated heterocycles. The Morgan fingerprint density at radius 2 is 2.06 bits per heavy atom. The van der Waals surface area contributed by atoms with Crippen molar-refractivity contribution in [3.8, 4) is 0 Å². The minimum Gasteiger partial charge on any atom is -0.395 e. The van der Waals surface area contributed by atoms with Crippen molar-refractivity contribution in [1.29, 1.82) is 0 Å². The SMILES string of the molecule is CSC(CO)C(C)NC(C)c1cnc(C)nc1C. The lowest BCUT2D eigenvalue weighted by Crippen LogP contribution is -2.39. The second kappa shape index (κ2) is 7.07. The number of hydrogen-bond donors (Lipinski definition) is 2. The largest absolute Gasteiger partial charge is 0.395 e. The van der Waals surface area contributed by atoms with Gasteiger partial charge in [-0.2, -0.15) is 11.8 Å². The van der Waals surface area contributed by atoms with Crippen LogP contribution in [-0.2, 0) is 0 Å². The molecule has 0 aliphatic heterocycles. The zero-order valence-electron chi connectivity index (χ0n) is 11.8. The van der Waals surface area contributed by atoms with Gasteiger partial charge in [-0.15, -0.1) is 0 Å². The van der Waals surface area contributed by atoms with Crippen molar-refractivity contribution in [2.75, 3.05) is 12.9 Å². The summed E-state index contributed by atoms with van der Waals surface area (Å²) in [5.41, 5.74) is 2.13. The minimum atomic E-state index is 0.182. The summed E-state index contributed by atoms with van der Waals surface area (Å²) in [7, 11) is 0. The smallest absolute Gasteiger partial charge is 0.125 e. The fourth-order valence-electron chi connectivity index (χ4n) is 2.05. The molecule has 5 heteroatoms. The lowest BCUT2D eigenvalue weighted by molar-refractivity contribution is 0.271. The predicted molar refractivity (Wildman–Crippen MR) is 76.9 cm³/mol. The van der Waals surface area contributed by atoms with E-state index >= 15 is 0 Å². The summed E-state index contributed by atoms with van der Waals surface area (Å²) < 4.78 is 0. The Hall–Kier alpha value is -0.650. The van der Waals surface area contributed by atoms with Gasteiger partial charge in [-0.1, -0.05) is 0 Å². The van der Waals surface area contributed by atoms with Gasteiger partial charge in [0, 0.05) is 34.8 Å². The van der Waals surface area contributed by atoms with E-state index in [1.165, 1.54) is 0 Å². The van der Waals surface area contributed by atoms with E-state index in [-0.39, 0.29) is 23.9 Å². The summed E-state index contributed by atoms with van der Waals surface area (Å²) in [6, 6.07) is 0.419. The molecule has 1 rings (SSSR count). The van der Waals surface area contributed by atoms with Crippen molar-refractivity contribution < 1.29 is 5.11 Å². The molecule has 3 atom stereocenters. The monoisotopic (exact) mass is 269 g/mol. The van der Waals surface area contributed by atoms with Crippen molar-refractivity contribution in [3.05, 3.63) is 23.3 Å². The van der Waals surface area contributed by atoms with Crippen LogP contribution in [0.1, 0.15) is 37.0 Å². The van der Waals surface area contributed by atoms with Crippen LogP contribution in [0.3, 0.4) is 0 Å². The Morgan fingerprint density at radius 3 is 2.56 bits per heavy atom. The standard InChI is InChI=1S/C13H23N3OS/c1-8(15-10(3)13(7-17)18-5)12-6-14-11(4)16-9(12)2/h6,8,10,13,15,17H,7H2,1-5H3. The Kier molecular flexibility index (Phi) is 6.05. The normalized spacial score (nSPS) is 16.3. The highest BCUT2D eigenvalue weighted by Crippen LogP contribution is 2.18. The third-order valence-electron chi connectivity index (χ3n) is 3.16. The Labute approximate surface area is 114 Å². The van der Waals surface area contributed by atoms with Crippen molar-refractivity contribution in [2.45, 2.75) is 45.0 Å². The molecular formula is C13H23N3OS. The first-order valence-corrected chi connectivity index (χ1v) is 7.48. The third kappa shape index (κ3) is 3.93. The Balaban J connectivity index is 2.72. The summed E-state index contributed by atoms with van der Waals surface area (Å²) in [6.45, 7) is 8.29. The van der Waals surface area contributed by atoms with Gasteiger partial charge in [-0.3, -0.25) is 0 Å². The van der Waals surface area contributed by atoms with E-state index in [0.717, 1.165) is 17.1 Å². The van der Waals surface area contributed by atoms with Crippen LogP contribution in [0.15, 0.2) is 6.20 Å². The Bertz CT molecular complexity index is 382. The van der Waals surface area contributed by atoms with Crippen LogP contribution < -0.4 is 5.32 Å². The molecule has 0 aliphatic rings. The number of hydrogen-bond acceptors (Lipinski definition) is 5. The van der Waals surface area contributed by atoms with Crippen LogP contribution >= 0.6 is 11.8 Å². The number of aromatic nitrogens is 2. The van der Waals surface area contributed by atoms with Crippen LogP contribution in [0.25, 0.3) is 0 Å². The quantitative estimate of drug-likeness (QED) is 0.825. The first kappa shape index (κ1) is 15.4. The maximum Gasteiger partial charge on any atom is 0.125 e. The summed E-state index contributed by atoms with van der Waals surface area (Å²) in [4.78, 5) is 8.63. The van der Waals surface area contributed by atoms with E-state index < -0.39 is 0 Å². The number of rotatable bonds is 6. The van der Waals surface area contributed by atoms with Crippen LogP contribution in [0.5, 0.6) is 0 Å². The molecular weight excluding hydrogens is 246 g/mol. The zero-order valence-corrected chi connectivity index (χ0v) is 12.6. The average molecular weight is 269 g/mol. The number of aryl methyl sites for hydroxylation is 2. The van der Waals surface area contributed by atoms with Crippen molar-refractivity contribution in [1.82, 2.24) is 15.3 Å². The zero-order chi connectivity index (χ0) is 13.7. The molecule has 1 aromatic heterocycles. The minimum absolute atomic E-state index is 0.182. The third-order valence-corrected chi connectivity index (χ3v) is 4.32. The van der Waals surface area contributed by atoms with E-state index in [2.05, 4.69) is 29.1 Å². The van der Waals surface area contributed by atoms with Crippen molar-refractivity contribution in [3.63, 3.8) is 0 Å². The van der Waals surface area contributed by atoms with Gasteiger partial charge in [-0.05, 0) is 34.0 Å². The highest BCUT2D eigenvalue weighted by atomic mass is 32.2. The first-order chi connectivity index (χ1) is 8.49. The van der Waals surface area contributed by atoms with E-state index in [4.69, 9.17) is 0 Å². The predicted octanol–water partition coefficient (Wildman–Crippen LogP) is 1.86. The maximum atomic E-state index is 9.29. The van der Waals surface area contributed by atoms with Gasteiger partial charge in [0.2, 0.25) is 0 Å². The second-order valence-corrected chi connectivity index (χ2v) is 5.67. The molecule has 1 heterocycles. The molecule has 0 radical (unpaired) electrons. The molecule has 2 N–H and O–H groups in total. The van der Waals surface area contributed by atoms with Gasteiger partial charge in [0.05, 0.1) is 6.61 Å². The van der Waals surface area contributed by atoms with Crippen molar-refractivity contribution in [2.24, 2.45) is 0 Å². The fourth-order valence-corrected chi connectivity index (χ4v) is 2.68. The molecule has 0 bridgehead atoms. The lowest BCUT2D eigenvalue weighted by atomic mass is 10.1. The highest BCUT2D eigenvalue weighted by molar-refractivity contribution is 7.99. The van der Waals surface area contributed by atoms with Gasteiger partial charge < -0.3 is 10.4 Å². The molecule has 0 aliphatic carbocycles. The number of aliphatic hydroxyl groups excluding tert-OH is 1. The molecule has 3 unspecified atom stereocenters. The number of nitrogens with zero attached hydrogens (tertiary/aromatic N) is 2. The molecule has 0 amide bonds. The van der Waals surface area contributed by atoms with Crippen LogP contribution in [0, 0.1) is 13.8 Å². The summed E-state index contributed by atoms with van der Waals surface area (Å²) in [5, 5.41) is 13.0. The summed E-state index contributed by atoms with van der Waals surface area (Å²) in [6.07, 6.45) is 3.90. The summed E-state index contributed by atoms with van der Waals surface area (Å²) in [5.74, 6) is 0.800. The first-order valence-electron chi connectivity index (χ1n) is 6.19. The van der Waals surface area contributed by atoms with E-state index in [0.29, 0.717) is 0 Å². The number of thioether (sulfide) groups is 1. The van der Waals surface area contributed by atoms with E-state index in [1.807, 2.05) is 26.3 Å². The summed E-state index contributed by atoms with van der Waals surface area (Å²) >= 11 is 1.68. The molecule has 0 aromatic carbocycles. The number of nitrogens with one attached hydrogen (secondary N) is 1. The second-order valence-electron chi connectivity index (χ2n) is 4.59. The van der Waals surface area contributed by atoms with Gasteiger partial charge in [0.15, 0.2) is 0 Å². The fraction of sp³-hybridized carbons (Fsp3) is 0.692. The molecule has 0 saturated carbocycles. The molecule has 1 aromatic rings. The Morgan fingerprint density at radius 1 is 1.39 bits per heavy atom. The molecule has 0 fully saturated rings. The van der Waals surface area contributed by atoms with E-state index in [1.54, 1.807) is 11.8 Å². The molecule has 18 heavy (non-hydrogen) atoms. The van der Waals surface area contributed by atoms with Crippen LogP contribution in [-0.4, -0.2) is 39.2 Å². The van der Waals surface area contributed by atoms with Gasteiger partial charge in [0.25, 0.3) is 0 Å². The topological polar surface area (TPSA) is 58.0 Å². The lowest BCUT2D eigenvalue weighted by Gasteiger charge is -2.26. The van der Waals surface area contributed by atoms with Gasteiger partial charge >= 0.3 is 0 Å². The number of aliphatic hydroxyl groups is 1. The van der Waals surface area contributed by atoms with Crippen molar-refractivity contribution >= 4 is 11.8 Å². The van der Waals surface area contributed by atoms with Gasteiger partial charge in [0.1, 0.15) is 5.82 Å².